The van der Waals surface area contributed by atoms with Crippen LogP contribution in [-0.2, 0) is 0 Å². The topological polar surface area (TPSA) is 56.0 Å². The molecule has 0 atom stereocenters. The number of pyridine rings is 1. The lowest BCUT2D eigenvalue weighted by molar-refractivity contribution is 0.102. The summed E-state index contributed by atoms with van der Waals surface area (Å²) in [7, 11) is 0. The van der Waals surface area contributed by atoms with Crippen LogP contribution >= 0.6 is 15.9 Å². The molecule has 0 bridgehead atoms. The van der Waals surface area contributed by atoms with Crippen LogP contribution in [0.2, 0.25) is 0 Å². The SMILES string of the molecule is Nc1ncccc1C(=O)CBr. The van der Waals surface area contributed by atoms with E-state index in [4.69, 9.17) is 5.73 Å². The minimum atomic E-state index is -0.0457. The van der Waals surface area contributed by atoms with Gasteiger partial charge in [0.25, 0.3) is 0 Å². The van der Waals surface area contributed by atoms with Crippen molar-refractivity contribution in [1.29, 1.82) is 0 Å². The van der Waals surface area contributed by atoms with Gasteiger partial charge in [-0.15, -0.1) is 0 Å². The Morgan fingerprint density at radius 1 is 1.73 bits per heavy atom. The monoisotopic (exact) mass is 214 g/mol. The molecular weight excluding hydrogens is 208 g/mol. The predicted octanol–water partition coefficient (Wildman–Crippen LogP) is 1.24. The second-order valence-corrected chi connectivity index (χ2v) is 2.55. The molecule has 11 heavy (non-hydrogen) atoms. The Kier molecular flexibility index (Phi) is 2.59. The number of carbonyl (C=O) groups excluding carboxylic acids is 1. The Morgan fingerprint density at radius 2 is 2.45 bits per heavy atom. The molecule has 0 spiro atoms. The van der Waals surface area contributed by atoms with Gasteiger partial charge in [0.2, 0.25) is 0 Å². The highest BCUT2D eigenvalue weighted by atomic mass is 79.9. The number of nitrogens with zero attached hydrogens (tertiary/aromatic N) is 1. The number of nitrogen functional groups attached to an aromatic ring is 1. The smallest absolute Gasteiger partial charge is 0.177 e. The van der Waals surface area contributed by atoms with Crippen molar-refractivity contribution < 1.29 is 4.79 Å². The van der Waals surface area contributed by atoms with Crippen LogP contribution in [0.15, 0.2) is 18.3 Å². The van der Waals surface area contributed by atoms with Crippen LogP contribution in [0.4, 0.5) is 5.82 Å². The zero-order valence-corrected chi connectivity index (χ0v) is 7.34. The van der Waals surface area contributed by atoms with Gasteiger partial charge < -0.3 is 5.73 Å². The number of aromatic nitrogens is 1. The zero-order valence-electron chi connectivity index (χ0n) is 5.75. The number of halogens is 1. The predicted molar refractivity (Wildman–Crippen MR) is 46.8 cm³/mol. The molecular formula is C7H7BrN2O. The van der Waals surface area contributed by atoms with Crippen molar-refractivity contribution in [3.8, 4) is 0 Å². The summed E-state index contributed by atoms with van der Waals surface area (Å²) in [6.45, 7) is 0. The van der Waals surface area contributed by atoms with Crippen LogP contribution in [0.25, 0.3) is 0 Å². The number of nitrogens with two attached hydrogens (primary N) is 1. The molecule has 0 aliphatic rings. The Bertz CT molecular complexity index is 275. The van der Waals surface area contributed by atoms with Crippen LogP contribution in [-0.4, -0.2) is 16.1 Å². The van der Waals surface area contributed by atoms with Gasteiger partial charge >= 0.3 is 0 Å². The van der Waals surface area contributed by atoms with E-state index < -0.39 is 0 Å². The van der Waals surface area contributed by atoms with Crippen molar-refractivity contribution in [2.24, 2.45) is 0 Å². The van der Waals surface area contributed by atoms with Crippen molar-refractivity contribution >= 4 is 27.5 Å². The summed E-state index contributed by atoms with van der Waals surface area (Å²) in [4.78, 5) is 14.9. The van der Waals surface area contributed by atoms with Gasteiger partial charge in [-0.1, -0.05) is 15.9 Å². The standard InChI is InChI=1S/C7H7BrN2O/c8-4-6(11)5-2-1-3-10-7(5)9/h1-3H,4H2,(H2,9,10). The van der Waals surface area contributed by atoms with E-state index in [0.717, 1.165) is 0 Å². The first-order chi connectivity index (χ1) is 5.25. The van der Waals surface area contributed by atoms with Crippen molar-refractivity contribution in [2.45, 2.75) is 0 Å². The normalized spacial score (nSPS) is 9.55. The van der Waals surface area contributed by atoms with Gasteiger partial charge in [-0.25, -0.2) is 4.98 Å². The van der Waals surface area contributed by atoms with Crippen LogP contribution in [0.3, 0.4) is 0 Å². The van der Waals surface area contributed by atoms with Crippen molar-refractivity contribution in [3.63, 3.8) is 0 Å². The van der Waals surface area contributed by atoms with E-state index in [1.807, 2.05) is 0 Å². The Labute approximate surface area is 72.7 Å². The molecule has 4 heteroatoms. The van der Waals surface area contributed by atoms with Gasteiger partial charge in [0, 0.05) is 6.20 Å². The third-order valence-corrected chi connectivity index (χ3v) is 1.77. The van der Waals surface area contributed by atoms with Crippen LogP contribution < -0.4 is 5.73 Å². The minimum absolute atomic E-state index is 0.0457. The number of anilines is 1. The molecule has 58 valence electrons. The average molecular weight is 215 g/mol. The largest absolute Gasteiger partial charge is 0.383 e. The molecule has 0 unspecified atom stereocenters. The van der Waals surface area contributed by atoms with E-state index in [9.17, 15) is 4.79 Å². The first-order valence-electron chi connectivity index (χ1n) is 3.05. The van der Waals surface area contributed by atoms with E-state index in [1.165, 1.54) is 0 Å². The Balaban J connectivity index is 3.03. The highest BCUT2D eigenvalue weighted by molar-refractivity contribution is 9.09. The van der Waals surface area contributed by atoms with E-state index in [-0.39, 0.29) is 16.9 Å². The highest BCUT2D eigenvalue weighted by Gasteiger charge is 2.06. The van der Waals surface area contributed by atoms with Crippen LogP contribution in [0.5, 0.6) is 0 Å². The quantitative estimate of drug-likeness (QED) is 0.596. The summed E-state index contributed by atoms with van der Waals surface area (Å²) in [5, 5.41) is 0.281. The molecule has 0 amide bonds. The summed E-state index contributed by atoms with van der Waals surface area (Å²) >= 11 is 3.05. The fraction of sp³-hybridized carbons (Fsp3) is 0.143. The number of rotatable bonds is 2. The van der Waals surface area contributed by atoms with E-state index >= 15 is 0 Å². The number of Topliss-reactive ketones (excluding diaryl/α,β-unsaturated/α-hetero) is 1. The second-order valence-electron chi connectivity index (χ2n) is 1.99. The van der Waals surface area contributed by atoms with Gasteiger partial charge in [-0.3, -0.25) is 4.79 Å². The van der Waals surface area contributed by atoms with E-state index in [0.29, 0.717) is 5.56 Å². The Morgan fingerprint density at radius 3 is 3.00 bits per heavy atom. The number of ketones is 1. The molecule has 1 heterocycles. The summed E-state index contributed by atoms with van der Waals surface area (Å²) in [6, 6.07) is 3.35. The molecule has 2 N–H and O–H groups in total. The van der Waals surface area contributed by atoms with E-state index in [2.05, 4.69) is 20.9 Å². The highest BCUT2D eigenvalue weighted by Crippen LogP contribution is 2.08. The van der Waals surface area contributed by atoms with Gasteiger partial charge in [-0.2, -0.15) is 0 Å². The van der Waals surface area contributed by atoms with E-state index in [1.54, 1.807) is 18.3 Å². The summed E-state index contributed by atoms with van der Waals surface area (Å²) in [6.07, 6.45) is 1.56. The van der Waals surface area contributed by atoms with Gasteiger partial charge in [0.15, 0.2) is 5.78 Å². The Hall–Kier alpha value is -0.900. The van der Waals surface area contributed by atoms with Gasteiger partial charge in [0.1, 0.15) is 5.82 Å². The van der Waals surface area contributed by atoms with Crippen molar-refractivity contribution in [1.82, 2.24) is 4.98 Å². The number of carbonyl (C=O) groups is 1. The molecule has 3 nitrogen and oxygen atoms in total. The van der Waals surface area contributed by atoms with Crippen LogP contribution in [0, 0.1) is 0 Å². The zero-order chi connectivity index (χ0) is 8.27. The molecule has 0 aromatic carbocycles. The molecule has 0 radical (unpaired) electrons. The van der Waals surface area contributed by atoms with Gasteiger partial charge in [-0.05, 0) is 12.1 Å². The summed E-state index contributed by atoms with van der Waals surface area (Å²) < 4.78 is 0. The molecule has 1 rings (SSSR count). The third-order valence-electron chi connectivity index (χ3n) is 1.26. The molecule has 1 aromatic heterocycles. The third kappa shape index (κ3) is 1.77. The molecule has 0 aliphatic heterocycles. The molecule has 1 aromatic rings. The maximum atomic E-state index is 11.1. The van der Waals surface area contributed by atoms with Crippen LogP contribution in [0.1, 0.15) is 10.4 Å². The first-order valence-corrected chi connectivity index (χ1v) is 4.17. The molecule has 0 saturated carbocycles. The first kappa shape index (κ1) is 8.20. The molecule has 0 fully saturated rings. The maximum absolute atomic E-state index is 11.1. The number of hydrogen-bond acceptors (Lipinski definition) is 3. The lowest BCUT2D eigenvalue weighted by Crippen LogP contribution is -2.05. The fourth-order valence-corrected chi connectivity index (χ4v) is 1.03. The van der Waals surface area contributed by atoms with Gasteiger partial charge in [0.05, 0.1) is 10.9 Å². The maximum Gasteiger partial charge on any atom is 0.177 e. The fourth-order valence-electron chi connectivity index (χ4n) is 0.725. The second kappa shape index (κ2) is 3.48. The van der Waals surface area contributed by atoms with Crippen molar-refractivity contribution in [3.05, 3.63) is 23.9 Å². The summed E-state index contributed by atoms with van der Waals surface area (Å²) in [5.74, 6) is 0.243. The lowest BCUT2D eigenvalue weighted by Gasteiger charge is -1.98. The van der Waals surface area contributed by atoms with Crippen molar-refractivity contribution in [2.75, 3.05) is 11.1 Å². The average Bonchev–Trinajstić information content (AvgIpc) is 2.04. The molecule has 0 saturated heterocycles. The minimum Gasteiger partial charge on any atom is -0.383 e. The summed E-state index contributed by atoms with van der Waals surface area (Å²) in [5.41, 5.74) is 5.92. The molecule has 0 aliphatic carbocycles. The number of hydrogen-bond donors (Lipinski definition) is 1. The lowest BCUT2D eigenvalue weighted by atomic mass is 10.2. The number of alkyl halides is 1.